The molecule has 1 rings (SSSR count). The molecule has 0 saturated heterocycles. The molecule has 0 unspecified atom stereocenters. The van der Waals surface area contributed by atoms with Gasteiger partial charge in [-0.2, -0.15) is 0 Å². The number of allylic oxidation sites excluding steroid dienone is 3. The number of hydrogen-bond acceptors (Lipinski definition) is 2. The van der Waals surface area contributed by atoms with E-state index in [0.717, 1.165) is 12.0 Å². The van der Waals surface area contributed by atoms with Gasteiger partial charge < -0.3 is 4.74 Å². The first-order valence-electron chi connectivity index (χ1n) is 7.24. The van der Waals surface area contributed by atoms with Gasteiger partial charge in [-0.3, -0.25) is 4.79 Å². The first-order valence-corrected chi connectivity index (χ1v) is 7.24. The van der Waals surface area contributed by atoms with Gasteiger partial charge in [0.1, 0.15) is 0 Å². The monoisotopic (exact) mass is 274 g/mol. The van der Waals surface area contributed by atoms with Gasteiger partial charge in [0.25, 0.3) is 0 Å². The van der Waals surface area contributed by atoms with E-state index in [9.17, 15) is 4.79 Å². The lowest BCUT2D eigenvalue weighted by molar-refractivity contribution is -0.147. The first-order chi connectivity index (χ1) is 9.25. The maximum atomic E-state index is 12.3. The Hall–Kier alpha value is -1.49. The summed E-state index contributed by atoms with van der Waals surface area (Å²) in [4.78, 5) is 12.3. The van der Waals surface area contributed by atoms with Gasteiger partial charge in [0.15, 0.2) is 6.10 Å². The third-order valence-corrected chi connectivity index (χ3v) is 4.00. The highest BCUT2D eigenvalue weighted by Crippen LogP contribution is 2.59. The van der Waals surface area contributed by atoms with Crippen LogP contribution in [0, 0.1) is 29.6 Å². The maximum Gasteiger partial charge on any atom is 0.311 e. The van der Waals surface area contributed by atoms with Gasteiger partial charge in [0.2, 0.25) is 0 Å². The Morgan fingerprint density at radius 1 is 1.40 bits per heavy atom. The predicted octanol–water partition coefficient (Wildman–Crippen LogP) is 4.13. The van der Waals surface area contributed by atoms with Crippen LogP contribution < -0.4 is 0 Å². The summed E-state index contributed by atoms with van der Waals surface area (Å²) >= 11 is 0. The van der Waals surface area contributed by atoms with Crippen LogP contribution in [-0.2, 0) is 9.53 Å². The molecule has 2 heteroatoms. The van der Waals surface area contributed by atoms with Crippen molar-refractivity contribution >= 4 is 5.97 Å². The minimum Gasteiger partial charge on any atom is -0.444 e. The summed E-state index contributed by atoms with van der Waals surface area (Å²) in [5.74, 6) is 2.56. The molecule has 1 fully saturated rings. The number of carbonyl (C=O) groups excluding carboxylic acids is 1. The summed E-state index contributed by atoms with van der Waals surface area (Å²) < 4.78 is 5.51. The van der Waals surface area contributed by atoms with Crippen molar-refractivity contribution in [1.82, 2.24) is 0 Å². The minimum absolute atomic E-state index is 0.0319. The topological polar surface area (TPSA) is 26.3 Å². The second-order valence-electron chi connectivity index (χ2n) is 6.41. The second kappa shape index (κ2) is 6.31. The van der Waals surface area contributed by atoms with E-state index in [4.69, 9.17) is 11.2 Å². The van der Waals surface area contributed by atoms with Gasteiger partial charge in [-0.05, 0) is 44.1 Å². The lowest BCUT2D eigenvalue weighted by Crippen LogP contribution is -2.20. The third-order valence-electron chi connectivity index (χ3n) is 4.00. The van der Waals surface area contributed by atoms with Crippen LogP contribution in [0.3, 0.4) is 0 Å². The molecule has 0 bridgehead atoms. The highest BCUT2D eigenvalue weighted by atomic mass is 16.5. The molecule has 0 aromatic rings. The van der Waals surface area contributed by atoms with Crippen molar-refractivity contribution in [1.29, 1.82) is 0 Å². The number of terminal acetylenes is 1. The Kier molecular flexibility index (Phi) is 5.22. The largest absolute Gasteiger partial charge is 0.444 e. The number of rotatable bonds is 5. The average molecular weight is 274 g/mol. The van der Waals surface area contributed by atoms with Gasteiger partial charge in [0, 0.05) is 0 Å². The first kappa shape index (κ1) is 16.6. The van der Waals surface area contributed by atoms with Crippen LogP contribution in [0.1, 0.15) is 48.0 Å². The molecule has 0 amide bonds. The van der Waals surface area contributed by atoms with Crippen molar-refractivity contribution in [2.24, 2.45) is 17.3 Å². The van der Waals surface area contributed by atoms with Crippen molar-refractivity contribution in [3.05, 3.63) is 23.3 Å². The van der Waals surface area contributed by atoms with Gasteiger partial charge in [-0.25, -0.2) is 0 Å². The minimum atomic E-state index is -0.536. The van der Waals surface area contributed by atoms with Crippen LogP contribution in [0.4, 0.5) is 0 Å². The molecule has 1 aliphatic carbocycles. The van der Waals surface area contributed by atoms with Crippen molar-refractivity contribution < 1.29 is 9.53 Å². The van der Waals surface area contributed by atoms with Crippen LogP contribution in [0.5, 0.6) is 0 Å². The summed E-state index contributed by atoms with van der Waals surface area (Å²) in [5, 5.41) is 0. The zero-order valence-corrected chi connectivity index (χ0v) is 13.5. The normalized spacial score (nSPS) is 25.4. The van der Waals surface area contributed by atoms with Gasteiger partial charge in [-0.15, -0.1) is 6.42 Å². The summed E-state index contributed by atoms with van der Waals surface area (Å²) in [7, 11) is 0. The molecule has 0 N–H and O–H groups in total. The van der Waals surface area contributed by atoms with E-state index in [0.29, 0.717) is 0 Å². The molecule has 0 aromatic carbocycles. The molecule has 1 aliphatic rings. The number of ether oxygens (including phenoxy) is 1. The maximum absolute atomic E-state index is 12.3. The van der Waals surface area contributed by atoms with Crippen molar-refractivity contribution in [2.45, 2.75) is 54.1 Å². The molecule has 20 heavy (non-hydrogen) atoms. The van der Waals surface area contributed by atoms with Crippen molar-refractivity contribution in [2.75, 3.05) is 0 Å². The van der Waals surface area contributed by atoms with E-state index in [2.05, 4.69) is 39.7 Å². The van der Waals surface area contributed by atoms with Crippen LogP contribution >= 0.6 is 0 Å². The zero-order valence-electron chi connectivity index (χ0n) is 13.5. The Morgan fingerprint density at radius 3 is 2.45 bits per heavy atom. The third kappa shape index (κ3) is 3.54. The summed E-state index contributed by atoms with van der Waals surface area (Å²) in [6, 6.07) is 0. The smallest absolute Gasteiger partial charge is 0.311 e. The van der Waals surface area contributed by atoms with E-state index >= 15 is 0 Å². The van der Waals surface area contributed by atoms with E-state index in [1.165, 1.54) is 5.57 Å². The molecular formula is C18H26O2. The van der Waals surface area contributed by atoms with E-state index < -0.39 is 6.10 Å². The SMILES string of the molecule is C#C[C@@H](OC(=O)[C@H]1[C@@H](C=C(C)C)C1(C)C)C(C)=CCC. The van der Waals surface area contributed by atoms with Crippen LogP contribution in [0.15, 0.2) is 23.3 Å². The lowest BCUT2D eigenvalue weighted by Gasteiger charge is -2.13. The molecule has 0 spiro atoms. The van der Waals surface area contributed by atoms with E-state index in [1.54, 1.807) is 0 Å². The lowest BCUT2D eigenvalue weighted by atomic mass is 10.1. The Bertz CT molecular complexity index is 470. The highest BCUT2D eigenvalue weighted by Gasteiger charge is 2.61. The molecule has 0 heterocycles. The van der Waals surface area contributed by atoms with Crippen molar-refractivity contribution in [3.63, 3.8) is 0 Å². The Labute approximate surface area is 123 Å². The molecule has 0 aromatic heterocycles. The fourth-order valence-corrected chi connectivity index (χ4v) is 2.67. The molecule has 3 atom stereocenters. The molecular weight excluding hydrogens is 248 g/mol. The number of esters is 1. The predicted molar refractivity (Wildman–Crippen MR) is 83.0 cm³/mol. The van der Waals surface area contributed by atoms with Crippen LogP contribution in [-0.4, -0.2) is 12.1 Å². The fraction of sp³-hybridized carbons (Fsp3) is 0.611. The van der Waals surface area contributed by atoms with E-state index in [-0.39, 0.29) is 23.2 Å². The van der Waals surface area contributed by atoms with E-state index in [1.807, 2.05) is 19.9 Å². The average Bonchev–Trinajstić information content (AvgIpc) is 2.86. The Balaban J connectivity index is 2.76. The summed E-state index contributed by atoms with van der Waals surface area (Å²) in [6.07, 6.45) is 9.99. The van der Waals surface area contributed by atoms with Gasteiger partial charge in [0.05, 0.1) is 5.92 Å². The molecule has 0 aliphatic heterocycles. The summed E-state index contributed by atoms with van der Waals surface area (Å²) in [5.41, 5.74) is 2.13. The molecule has 0 radical (unpaired) electrons. The van der Waals surface area contributed by atoms with Gasteiger partial charge in [-0.1, -0.05) is 44.4 Å². The number of carbonyl (C=O) groups is 1. The zero-order chi connectivity index (χ0) is 15.5. The standard InChI is InChI=1S/C18H26O2/c1-8-10-13(5)15(9-2)20-17(19)16-14(11-12(3)4)18(16,6)7/h2,10-11,14-16H,8H2,1,3-7H3/t14-,15-,16-/m1/s1. The molecule has 2 nitrogen and oxygen atoms in total. The van der Waals surface area contributed by atoms with Crippen molar-refractivity contribution in [3.8, 4) is 12.3 Å². The summed E-state index contributed by atoms with van der Waals surface area (Å²) in [6.45, 7) is 12.2. The molecule has 110 valence electrons. The number of hydrogen-bond donors (Lipinski definition) is 0. The van der Waals surface area contributed by atoms with Crippen LogP contribution in [0.2, 0.25) is 0 Å². The fourth-order valence-electron chi connectivity index (χ4n) is 2.67. The van der Waals surface area contributed by atoms with Gasteiger partial charge >= 0.3 is 5.97 Å². The quantitative estimate of drug-likeness (QED) is 0.428. The van der Waals surface area contributed by atoms with Crippen LogP contribution in [0.25, 0.3) is 0 Å². The molecule has 1 saturated carbocycles. The Morgan fingerprint density at radius 2 is 2.00 bits per heavy atom. The second-order valence-corrected chi connectivity index (χ2v) is 6.41. The highest BCUT2D eigenvalue weighted by molar-refractivity contribution is 5.79.